The molecule has 0 aliphatic carbocycles. The van der Waals surface area contributed by atoms with E-state index in [9.17, 15) is 0 Å². The molecule has 0 saturated carbocycles. The standard InChI is InChI=1S/C20H31N3OS/c1-15-6-7-19(16(2)13-15)21-20(25)23-10-8-17(9-11-23)22(3)14-18-5-4-12-24-18/h6-7,13,17-18H,4-5,8-12,14H2,1-3H3,(H,21,25)/t18-/m1/s1. The number of nitrogens with zero attached hydrogens (tertiary/aromatic N) is 2. The van der Waals surface area contributed by atoms with Crippen LogP contribution in [0, 0.1) is 13.8 Å². The smallest absolute Gasteiger partial charge is 0.173 e. The molecule has 0 aromatic heterocycles. The second-order valence-electron chi connectivity index (χ2n) is 7.54. The molecule has 0 unspecified atom stereocenters. The van der Waals surface area contributed by atoms with Crippen molar-refractivity contribution in [2.75, 3.05) is 38.6 Å². The number of nitrogens with one attached hydrogen (secondary N) is 1. The zero-order chi connectivity index (χ0) is 17.8. The summed E-state index contributed by atoms with van der Waals surface area (Å²) < 4.78 is 5.78. The lowest BCUT2D eigenvalue weighted by Crippen LogP contribution is -2.48. The number of aryl methyl sites for hydroxylation is 2. The molecule has 0 spiro atoms. The minimum atomic E-state index is 0.440. The first-order valence-electron chi connectivity index (χ1n) is 9.48. The van der Waals surface area contributed by atoms with Gasteiger partial charge in [-0.25, -0.2) is 0 Å². The van der Waals surface area contributed by atoms with Crippen LogP contribution < -0.4 is 5.32 Å². The number of ether oxygens (including phenoxy) is 1. The Morgan fingerprint density at radius 3 is 2.68 bits per heavy atom. The molecule has 2 saturated heterocycles. The average Bonchev–Trinajstić information content (AvgIpc) is 3.10. The van der Waals surface area contributed by atoms with E-state index in [2.05, 4.69) is 54.2 Å². The molecule has 1 N–H and O–H groups in total. The van der Waals surface area contributed by atoms with E-state index >= 15 is 0 Å². The summed E-state index contributed by atoms with van der Waals surface area (Å²) in [6.07, 6.45) is 5.20. The first kappa shape index (κ1) is 18.6. The maximum atomic E-state index is 5.78. The molecule has 2 fully saturated rings. The Morgan fingerprint density at radius 2 is 2.04 bits per heavy atom. The molecule has 2 heterocycles. The third-order valence-corrected chi connectivity index (χ3v) is 5.87. The predicted octanol–water partition coefficient (Wildman–Crippen LogP) is 3.58. The molecule has 0 bridgehead atoms. The Labute approximate surface area is 157 Å². The Bertz CT molecular complexity index is 593. The van der Waals surface area contributed by atoms with Crippen molar-refractivity contribution in [1.29, 1.82) is 0 Å². The van der Waals surface area contributed by atoms with Gasteiger partial charge in [0.25, 0.3) is 0 Å². The minimum absolute atomic E-state index is 0.440. The van der Waals surface area contributed by atoms with E-state index in [-0.39, 0.29) is 0 Å². The van der Waals surface area contributed by atoms with Crippen LogP contribution in [0.5, 0.6) is 0 Å². The van der Waals surface area contributed by atoms with E-state index in [0.29, 0.717) is 12.1 Å². The highest BCUT2D eigenvalue weighted by atomic mass is 32.1. The van der Waals surface area contributed by atoms with Crippen LogP contribution in [0.3, 0.4) is 0 Å². The fraction of sp³-hybridized carbons (Fsp3) is 0.650. The SMILES string of the molecule is Cc1ccc(NC(=S)N2CCC(N(C)C[C@H]3CCCO3)CC2)c(C)c1. The van der Waals surface area contributed by atoms with Crippen LogP contribution >= 0.6 is 12.2 Å². The van der Waals surface area contributed by atoms with Crippen molar-refractivity contribution in [2.24, 2.45) is 0 Å². The van der Waals surface area contributed by atoms with E-state index in [1.807, 2.05) is 0 Å². The summed E-state index contributed by atoms with van der Waals surface area (Å²) in [5.41, 5.74) is 3.64. The van der Waals surface area contributed by atoms with Crippen LogP contribution in [0.25, 0.3) is 0 Å². The van der Waals surface area contributed by atoms with Gasteiger partial charge in [0, 0.05) is 38.0 Å². The lowest BCUT2D eigenvalue weighted by atomic mass is 10.0. The number of likely N-dealkylation sites (N-methyl/N-ethyl adjacent to an activating group) is 1. The van der Waals surface area contributed by atoms with Crippen molar-refractivity contribution in [3.63, 3.8) is 0 Å². The van der Waals surface area contributed by atoms with Gasteiger partial charge < -0.3 is 19.9 Å². The molecule has 5 heteroatoms. The summed E-state index contributed by atoms with van der Waals surface area (Å²) in [6, 6.07) is 7.09. The first-order chi connectivity index (χ1) is 12.0. The largest absolute Gasteiger partial charge is 0.377 e. The summed E-state index contributed by atoms with van der Waals surface area (Å²) in [5, 5.41) is 4.29. The number of likely N-dealkylation sites (tertiary alicyclic amines) is 1. The predicted molar refractivity (Wildman–Crippen MR) is 108 cm³/mol. The highest BCUT2D eigenvalue weighted by Crippen LogP contribution is 2.21. The van der Waals surface area contributed by atoms with Crippen LogP contribution in [0.2, 0.25) is 0 Å². The van der Waals surface area contributed by atoms with Crippen molar-refractivity contribution < 1.29 is 4.74 Å². The first-order valence-corrected chi connectivity index (χ1v) is 9.89. The molecular formula is C20H31N3OS. The van der Waals surface area contributed by atoms with E-state index in [1.54, 1.807) is 0 Å². The molecule has 0 radical (unpaired) electrons. The van der Waals surface area contributed by atoms with Crippen LogP contribution in [0.1, 0.15) is 36.8 Å². The summed E-state index contributed by atoms with van der Waals surface area (Å²) in [7, 11) is 2.24. The summed E-state index contributed by atoms with van der Waals surface area (Å²) >= 11 is 5.65. The molecule has 1 aromatic rings. The average molecular weight is 362 g/mol. The highest BCUT2D eigenvalue weighted by molar-refractivity contribution is 7.80. The maximum absolute atomic E-state index is 5.78. The third-order valence-electron chi connectivity index (χ3n) is 5.51. The number of rotatable bonds is 4. The topological polar surface area (TPSA) is 27.7 Å². The van der Waals surface area contributed by atoms with Crippen molar-refractivity contribution >= 4 is 23.0 Å². The van der Waals surface area contributed by atoms with E-state index in [1.165, 1.54) is 24.0 Å². The number of hydrogen-bond acceptors (Lipinski definition) is 3. The zero-order valence-corrected chi connectivity index (χ0v) is 16.6. The maximum Gasteiger partial charge on any atom is 0.173 e. The second-order valence-corrected chi connectivity index (χ2v) is 7.93. The minimum Gasteiger partial charge on any atom is -0.377 e. The van der Waals surface area contributed by atoms with Gasteiger partial charge in [0.2, 0.25) is 0 Å². The summed E-state index contributed by atoms with van der Waals surface area (Å²) in [5.74, 6) is 0. The summed E-state index contributed by atoms with van der Waals surface area (Å²) in [6.45, 7) is 8.30. The van der Waals surface area contributed by atoms with Gasteiger partial charge in [-0.05, 0) is 70.4 Å². The van der Waals surface area contributed by atoms with Gasteiger partial charge in [-0.3, -0.25) is 0 Å². The third kappa shape index (κ3) is 4.93. The molecule has 25 heavy (non-hydrogen) atoms. The monoisotopic (exact) mass is 361 g/mol. The van der Waals surface area contributed by atoms with Gasteiger partial charge in [0.05, 0.1) is 6.10 Å². The number of benzene rings is 1. The molecule has 2 aliphatic heterocycles. The number of hydrogen-bond donors (Lipinski definition) is 1. The van der Waals surface area contributed by atoms with Crippen molar-refractivity contribution in [1.82, 2.24) is 9.80 Å². The van der Waals surface area contributed by atoms with Crippen LogP contribution in [-0.2, 0) is 4.74 Å². The fourth-order valence-corrected chi connectivity index (χ4v) is 4.21. The molecule has 3 rings (SSSR count). The van der Waals surface area contributed by atoms with E-state index in [4.69, 9.17) is 17.0 Å². The van der Waals surface area contributed by atoms with Crippen LogP contribution in [0.15, 0.2) is 18.2 Å². The Morgan fingerprint density at radius 1 is 1.28 bits per heavy atom. The zero-order valence-electron chi connectivity index (χ0n) is 15.8. The van der Waals surface area contributed by atoms with Crippen molar-refractivity contribution in [2.45, 2.75) is 51.7 Å². The second kappa shape index (κ2) is 8.47. The summed E-state index contributed by atoms with van der Waals surface area (Å²) in [4.78, 5) is 4.80. The molecule has 1 atom stereocenters. The fourth-order valence-electron chi connectivity index (χ4n) is 3.92. The quantitative estimate of drug-likeness (QED) is 0.828. The molecule has 138 valence electrons. The molecule has 0 amide bonds. The van der Waals surface area contributed by atoms with Crippen LogP contribution in [-0.4, -0.2) is 60.3 Å². The molecule has 4 nitrogen and oxygen atoms in total. The van der Waals surface area contributed by atoms with Gasteiger partial charge in [0.1, 0.15) is 0 Å². The van der Waals surface area contributed by atoms with Gasteiger partial charge in [0.15, 0.2) is 5.11 Å². The van der Waals surface area contributed by atoms with Crippen molar-refractivity contribution in [3.05, 3.63) is 29.3 Å². The Kier molecular flexibility index (Phi) is 6.31. The number of anilines is 1. The Balaban J connectivity index is 1.47. The number of piperidine rings is 1. The van der Waals surface area contributed by atoms with Crippen LogP contribution in [0.4, 0.5) is 5.69 Å². The van der Waals surface area contributed by atoms with E-state index < -0.39 is 0 Å². The molecule has 2 aliphatic rings. The number of thiocarbonyl (C=S) groups is 1. The van der Waals surface area contributed by atoms with Gasteiger partial charge in [-0.1, -0.05) is 17.7 Å². The normalized spacial score (nSPS) is 21.8. The molecular weight excluding hydrogens is 330 g/mol. The van der Waals surface area contributed by atoms with Crippen molar-refractivity contribution in [3.8, 4) is 0 Å². The Hall–Kier alpha value is -1.17. The van der Waals surface area contributed by atoms with E-state index in [0.717, 1.165) is 49.9 Å². The van der Waals surface area contributed by atoms with Gasteiger partial charge in [-0.15, -0.1) is 0 Å². The highest BCUT2D eigenvalue weighted by Gasteiger charge is 2.26. The van der Waals surface area contributed by atoms with Gasteiger partial charge in [-0.2, -0.15) is 0 Å². The lowest BCUT2D eigenvalue weighted by molar-refractivity contribution is 0.0576. The lowest BCUT2D eigenvalue weighted by Gasteiger charge is -2.38. The molecule has 1 aromatic carbocycles. The van der Waals surface area contributed by atoms with Gasteiger partial charge >= 0.3 is 0 Å².